The summed E-state index contributed by atoms with van der Waals surface area (Å²) in [6.45, 7) is -0.681. The third kappa shape index (κ3) is 2.93. The molecule has 6 nitrogen and oxygen atoms in total. The van der Waals surface area contributed by atoms with Crippen molar-refractivity contribution in [1.29, 1.82) is 0 Å². The molecule has 0 aromatic heterocycles. The van der Waals surface area contributed by atoms with Crippen LogP contribution < -0.4 is 14.9 Å². The quantitative estimate of drug-likeness (QED) is 0.872. The Labute approximate surface area is 123 Å². The molecule has 1 aliphatic heterocycles. The van der Waals surface area contributed by atoms with Gasteiger partial charge in [-0.25, -0.2) is 5.01 Å². The first kappa shape index (κ1) is 16.0. The lowest BCUT2D eigenvalue weighted by Gasteiger charge is -2.33. The monoisotopic (exact) mass is 318 g/mol. The molecule has 120 valence electrons. The molecular formula is C13H13F3N2O4. The Hall–Kier alpha value is -2.42. The van der Waals surface area contributed by atoms with Crippen molar-refractivity contribution in [1.82, 2.24) is 10.4 Å². The van der Waals surface area contributed by atoms with Gasteiger partial charge in [0, 0.05) is 6.20 Å². The van der Waals surface area contributed by atoms with Crippen LogP contribution in [-0.4, -0.2) is 41.6 Å². The number of benzene rings is 1. The molecule has 2 rings (SSSR count). The Balaban J connectivity index is 2.00. The van der Waals surface area contributed by atoms with E-state index in [1.807, 2.05) is 5.43 Å². The second-order valence-corrected chi connectivity index (χ2v) is 4.38. The number of carbonyl (C=O) groups is 1. The first-order valence-corrected chi connectivity index (χ1v) is 6.11. The molecule has 0 radical (unpaired) electrons. The number of rotatable bonds is 4. The fourth-order valence-corrected chi connectivity index (χ4v) is 1.77. The Kier molecular flexibility index (Phi) is 4.18. The summed E-state index contributed by atoms with van der Waals surface area (Å²) >= 11 is 0. The first-order valence-electron chi connectivity index (χ1n) is 6.11. The van der Waals surface area contributed by atoms with E-state index in [9.17, 15) is 23.1 Å². The highest BCUT2D eigenvalue weighted by Crippen LogP contribution is 2.35. The average Bonchev–Trinajstić information content (AvgIpc) is 2.88. The molecule has 0 unspecified atom stereocenters. The number of hydrazine groups is 1. The molecule has 1 aromatic carbocycles. The van der Waals surface area contributed by atoms with Gasteiger partial charge >= 0.3 is 6.18 Å². The topological polar surface area (TPSA) is 71.0 Å². The van der Waals surface area contributed by atoms with Crippen LogP contribution in [0.4, 0.5) is 13.2 Å². The lowest BCUT2D eigenvalue weighted by Crippen LogP contribution is -2.61. The fraction of sp³-hybridized carbons (Fsp3) is 0.308. The van der Waals surface area contributed by atoms with Gasteiger partial charge in [0.2, 0.25) is 0 Å². The van der Waals surface area contributed by atoms with E-state index in [2.05, 4.69) is 0 Å². The molecule has 1 heterocycles. The van der Waals surface area contributed by atoms with Gasteiger partial charge in [0.1, 0.15) is 11.5 Å². The minimum Gasteiger partial charge on any atom is -0.497 e. The second kappa shape index (κ2) is 5.76. The predicted octanol–water partition coefficient (Wildman–Crippen LogP) is 1.19. The number of nitrogens with one attached hydrogen (secondary N) is 1. The van der Waals surface area contributed by atoms with Crippen LogP contribution in [0, 0.1) is 0 Å². The van der Waals surface area contributed by atoms with E-state index in [0.717, 1.165) is 6.20 Å². The molecule has 9 heteroatoms. The van der Waals surface area contributed by atoms with Crippen LogP contribution in [0.25, 0.3) is 0 Å². The number of ether oxygens (including phenoxy) is 2. The van der Waals surface area contributed by atoms with Gasteiger partial charge in [-0.2, -0.15) is 13.2 Å². The summed E-state index contributed by atoms with van der Waals surface area (Å²) in [4.78, 5) is 11.8. The van der Waals surface area contributed by atoms with Crippen LogP contribution in [0.3, 0.4) is 0 Å². The highest BCUT2D eigenvalue weighted by molar-refractivity contribution is 5.79. The SMILES string of the molecule is COc1ccc(OCC(=O)N2NC=C[C@]2(O)C(F)(F)F)cc1. The van der Waals surface area contributed by atoms with Crippen molar-refractivity contribution < 1.29 is 32.5 Å². The van der Waals surface area contributed by atoms with E-state index in [1.54, 1.807) is 12.1 Å². The number of methoxy groups -OCH3 is 1. The number of halogens is 3. The van der Waals surface area contributed by atoms with Gasteiger partial charge in [0.15, 0.2) is 6.61 Å². The van der Waals surface area contributed by atoms with Gasteiger partial charge in [-0.3, -0.25) is 4.79 Å². The molecule has 22 heavy (non-hydrogen) atoms. The normalized spacial score (nSPS) is 20.7. The van der Waals surface area contributed by atoms with Crippen molar-refractivity contribution in [2.24, 2.45) is 0 Å². The smallest absolute Gasteiger partial charge is 0.442 e. The molecule has 1 aromatic rings. The molecule has 0 fully saturated rings. The third-order valence-corrected chi connectivity index (χ3v) is 2.95. The van der Waals surface area contributed by atoms with E-state index in [0.29, 0.717) is 11.8 Å². The number of carbonyl (C=O) groups excluding carboxylic acids is 1. The summed E-state index contributed by atoms with van der Waals surface area (Å²) in [5, 5.41) is 9.65. The molecule has 0 saturated heterocycles. The largest absolute Gasteiger partial charge is 0.497 e. The number of alkyl halides is 3. The van der Waals surface area contributed by atoms with Gasteiger partial charge in [0.25, 0.3) is 11.6 Å². The molecular weight excluding hydrogens is 305 g/mol. The summed E-state index contributed by atoms with van der Waals surface area (Å²) in [6.07, 6.45) is -3.76. The van der Waals surface area contributed by atoms with Crippen molar-refractivity contribution in [3.8, 4) is 11.5 Å². The Morgan fingerprint density at radius 2 is 1.91 bits per heavy atom. The third-order valence-electron chi connectivity index (χ3n) is 2.95. The zero-order valence-corrected chi connectivity index (χ0v) is 11.4. The van der Waals surface area contributed by atoms with Gasteiger partial charge in [-0.05, 0) is 30.3 Å². The number of hydrogen-bond donors (Lipinski definition) is 2. The van der Waals surface area contributed by atoms with Gasteiger partial charge in [-0.1, -0.05) is 0 Å². The van der Waals surface area contributed by atoms with Crippen molar-refractivity contribution >= 4 is 5.91 Å². The summed E-state index contributed by atoms with van der Waals surface area (Å²) in [7, 11) is 1.48. The molecule has 1 aliphatic rings. The van der Waals surface area contributed by atoms with Crippen LogP contribution in [0.5, 0.6) is 11.5 Å². The molecule has 0 bridgehead atoms. The molecule has 2 N–H and O–H groups in total. The maximum absolute atomic E-state index is 12.8. The predicted molar refractivity (Wildman–Crippen MR) is 68.6 cm³/mol. The summed E-state index contributed by atoms with van der Waals surface area (Å²) in [5.41, 5.74) is -1.35. The lowest BCUT2D eigenvalue weighted by molar-refractivity contribution is -0.289. The molecule has 0 saturated carbocycles. The second-order valence-electron chi connectivity index (χ2n) is 4.38. The standard InChI is InChI=1S/C13H13F3N2O4/c1-21-9-2-4-10(5-3-9)22-8-11(19)18-12(20,6-7-17-18)13(14,15)16/h2-7,17,20H,8H2,1H3/t12-/m0/s1. The van der Waals surface area contributed by atoms with Crippen LogP contribution in [0.15, 0.2) is 36.5 Å². The molecule has 1 amide bonds. The van der Waals surface area contributed by atoms with Crippen LogP contribution in [-0.2, 0) is 4.79 Å². The molecule has 0 aliphatic carbocycles. The molecule has 1 atom stereocenters. The van der Waals surface area contributed by atoms with Crippen molar-refractivity contribution in [3.05, 3.63) is 36.5 Å². The number of amides is 1. The summed E-state index contributed by atoms with van der Waals surface area (Å²) in [6, 6.07) is 6.14. The first-order chi connectivity index (χ1) is 10.3. The minimum absolute atomic E-state index is 0.0660. The fourth-order valence-electron chi connectivity index (χ4n) is 1.77. The number of hydrogen-bond acceptors (Lipinski definition) is 5. The maximum atomic E-state index is 12.8. The minimum atomic E-state index is -5.04. The highest BCUT2D eigenvalue weighted by Gasteiger charge is 2.60. The van der Waals surface area contributed by atoms with E-state index in [-0.39, 0.29) is 10.8 Å². The maximum Gasteiger partial charge on any atom is 0.442 e. The van der Waals surface area contributed by atoms with E-state index in [4.69, 9.17) is 9.47 Å². The van der Waals surface area contributed by atoms with Crippen LogP contribution in [0.2, 0.25) is 0 Å². The van der Waals surface area contributed by atoms with E-state index in [1.165, 1.54) is 19.2 Å². The average molecular weight is 318 g/mol. The highest BCUT2D eigenvalue weighted by atomic mass is 19.4. The number of nitrogens with zero attached hydrogens (tertiary/aromatic N) is 1. The van der Waals surface area contributed by atoms with E-state index < -0.39 is 24.4 Å². The number of aliphatic hydroxyl groups is 1. The Bertz CT molecular complexity index is 574. The van der Waals surface area contributed by atoms with Crippen LogP contribution >= 0.6 is 0 Å². The van der Waals surface area contributed by atoms with E-state index >= 15 is 0 Å². The summed E-state index contributed by atoms with van der Waals surface area (Å²) < 4.78 is 48.5. The van der Waals surface area contributed by atoms with Crippen LogP contribution in [0.1, 0.15) is 0 Å². The van der Waals surface area contributed by atoms with Gasteiger partial charge in [-0.15, -0.1) is 0 Å². The van der Waals surface area contributed by atoms with Crippen molar-refractivity contribution in [3.63, 3.8) is 0 Å². The Morgan fingerprint density at radius 1 is 1.32 bits per heavy atom. The molecule has 0 spiro atoms. The van der Waals surface area contributed by atoms with Gasteiger partial charge in [0.05, 0.1) is 7.11 Å². The lowest BCUT2D eigenvalue weighted by atomic mass is 10.2. The van der Waals surface area contributed by atoms with Gasteiger partial charge < -0.3 is 20.0 Å². The van der Waals surface area contributed by atoms with Crippen molar-refractivity contribution in [2.75, 3.05) is 13.7 Å². The van der Waals surface area contributed by atoms with Crippen molar-refractivity contribution in [2.45, 2.75) is 11.9 Å². The zero-order chi connectivity index (χ0) is 16.4. The Morgan fingerprint density at radius 3 is 2.45 bits per heavy atom. The zero-order valence-electron chi connectivity index (χ0n) is 11.4. The summed E-state index contributed by atoms with van der Waals surface area (Å²) in [5.74, 6) is -0.243.